The summed E-state index contributed by atoms with van der Waals surface area (Å²) in [6, 6.07) is 7.70. The highest BCUT2D eigenvalue weighted by molar-refractivity contribution is 6.43. The first-order chi connectivity index (χ1) is 8.58. The van der Waals surface area contributed by atoms with Gasteiger partial charge in [0, 0.05) is 12.3 Å². The van der Waals surface area contributed by atoms with Crippen LogP contribution in [0.4, 0.5) is 0 Å². The number of rotatable bonds is 2. The van der Waals surface area contributed by atoms with Gasteiger partial charge in [0.2, 0.25) is 0 Å². The van der Waals surface area contributed by atoms with Crippen LogP contribution in [0.1, 0.15) is 10.5 Å². The smallest absolute Gasteiger partial charge is 0.362 e. The summed E-state index contributed by atoms with van der Waals surface area (Å²) in [5, 5.41) is 0.748. The van der Waals surface area contributed by atoms with Crippen LogP contribution >= 0.6 is 34.8 Å². The number of carbonyl (C=O) groups is 1. The van der Waals surface area contributed by atoms with E-state index in [1.807, 2.05) is 0 Å². The van der Waals surface area contributed by atoms with Crippen LogP contribution in [-0.4, -0.2) is 11.0 Å². The van der Waals surface area contributed by atoms with Crippen LogP contribution in [-0.2, 0) is 0 Å². The second-order valence-corrected chi connectivity index (χ2v) is 4.52. The van der Waals surface area contributed by atoms with Crippen molar-refractivity contribution in [3.05, 3.63) is 57.3 Å². The van der Waals surface area contributed by atoms with E-state index in [1.165, 1.54) is 24.4 Å². The Morgan fingerprint density at radius 2 is 1.78 bits per heavy atom. The van der Waals surface area contributed by atoms with Crippen molar-refractivity contribution in [2.75, 3.05) is 0 Å². The zero-order valence-electron chi connectivity index (χ0n) is 8.86. The maximum absolute atomic E-state index is 11.7. The van der Waals surface area contributed by atoms with E-state index >= 15 is 0 Å². The molecule has 0 spiro atoms. The Kier molecular flexibility index (Phi) is 4.07. The number of nitrogens with zero attached hydrogens (tertiary/aromatic N) is 1. The number of pyridine rings is 1. The third-order valence-corrected chi connectivity index (χ3v) is 3.07. The highest BCUT2D eigenvalue weighted by Crippen LogP contribution is 2.34. The lowest BCUT2D eigenvalue weighted by molar-refractivity contribution is 0.0729. The molecule has 0 saturated heterocycles. The molecule has 3 nitrogen and oxygen atoms in total. The van der Waals surface area contributed by atoms with Crippen molar-refractivity contribution >= 4 is 40.8 Å². The average Bonchev–Trinajstić information content (AvgIpc) is 2.37. The van der Waals surface area contributed by atoms with Gasteiger partial charge in [0.25, 0.3) is 0 Å². The van der Waals surface area contributed by atoms with Gasteiger partial charge in [-0.1, -0.05) is 40.9 Å². The van der Waals surface area contributed by atoms with Gasteiger partial charge < -0.3 is 4.74 Å². The van der Waals surface area contributed by atoms with E-state index in [4.69, 9.17) is 39.5 Å². The summed E-state index contributed by atoms with van der Waals surface area (Å²) >= 11 is 17.5. The lowest BCUT2D eigenvalue weighted by Gasteiger charge is -2.07. The molecule has 0 saturated carbocycles. The molecule has 6 heteroatoms. The van der Waals surface area contributed by atoms with Crippen molar-refractivity contribution in [2.45, 2.75) is 0 Å². The van der Waals surface area contributed by atoms with E-state index in [2.05, 4.69) is 4.98 Å². The van der Waals surface area contributed by atoms with E-state index in [1.54, 1.807) is 12.1 Å². The summed E-state index contributed by atoms with van der Waals surface area (Å²) in [5.74, 6) is -0.474. The van der Waals surface area contributed by atoms with E-state index in [9.17, 15) is 4.79 Å². The molecule has 0 radical (unpaired) electrons. The molecular formula is C12H6Cl3NO2. The lowest BCUT2D eigenvalue weighted by Crippen LogP contribution is -2.10. The monoisotopic (exact) mass is 301 g/mol. The van der Waals surface area contributed by atoms with Crippen LogP contribution in [0, 0.1) is 0 Å². The first-order valence-electron chi connectivity index (χ1n) is 4.85. The predicted octanol–water partition coefficient (Wildman–Crippen LogP) is 4.26. The Labute approximate surface area is 118 Å². The van der Waals surface area contributed by atoms with Gasteiger partial charge in [-0.3, -0.25) is 0 Å². The van der Waals surface area contributed by atoms with E-state index < -0.39 is 5.97 Å². The fourth-order valence-corrected chi connectivity index (χ4v) is 1.79. The first-order valence-corrected chi connectivity index (χ1v) is 5.99. The van der Waals surface area contributed by atoms with Gasteiger partial charge in [0.1, 0.15) is 5.69 Å². The molecule has 0 bridgehead atoms. The molecule has 0 aliphatic rings. The Bertz CT molecular complexity index is 587. The molecule has 1 heterocycles. The topological polar surface area (TPSA) is 39.2 Å². The summed E-state index contributed by atoms with van der Waals surface area (Å²) in [5.41, 5.74) is 0.180. The summed E-state index contributed by atoms with van der Waals surface area (Å²) in [6.45, 7) is 0. The van der Waals surface area contributed by atoms with Crippen molar-refractivity contribution in [3.63, 3.8) is 0 Å². The maximum atomic E-state index is 11.7. The second kappa shape index (κ2) is 5.57. The molecule has 0 N–H and O–H groups in total. The Morgan fingerprint density at radius 3 is 2.44 bits per heavy atom. The molecule has 2 rings (SSSR count). The number of aromatic nitrogens is 1. The van der Waals surface area contributed by atoms with Crippen LogP contribution in [0.25, 0.3) is 0 Å². The summed E-state index contributed by atoms with van der Waals surface area (Å²) in [7, 11) is 0. The summed E-state index contributed by atoms with van der Waals surface area (Å²) in [6.07, 6.45) is 1.49. The number of esters is 1. The molecular weight excluding hydrogens is 296 g/mol. The molecule has 0 aliphatic heterocycles. The van der Waals surface area contributed by atoms with Gasteiger partial charge in [-0.15, -0.1) is 0 Å². The number of hydrogen-bond donors (Lipinski definition) is 0. The zero-order valence-corrected chi connectivity index (χ0v) is 11.1. The Morgan fingerprint density at radius 1 is 1.06 bits per heavy atom. The fourth-order valence-electron chi connectivity index (χ4n) is 1.22. The largest absolute Gasteiger partial charge is 0.420 e. The zero-order chi connectivity index (χ0) is 13.1. The number of benzene rings is 1. The lowest BCUT2D eigenvalue weighted by atomic mass is 10.3. The predicted molar refractivity (Wildman–Crippen MR) is 70.7 cm³/mol. The third-order valence-electron chi connectivity index (χ3n) is 2.05. The number of hydrogen-bond acceptors (Lipinski definition) is 3. The van der Waals surface area contributed by atoms with Crippen molar-refractivity contribution in [3.8, 4) is 5.75 Å². The molecule has 0 fully saturated rings. The number of carbonyl (C=O) groups excluding carboxylic acids is 1. The Balaban J connectivity index is 2.25. The first kappa shape index (κ1) is 13.1. The van der Waals surface area contributed by atoms with E-state index in [0.29, 0.717) is 5.02 Å². The molecule has 0 atom stereocenters. The van der Waals surface area contributed by atoms with Crippen molar-refractivity contribution in [2.24, 2.45) is 0 Å². The van der Waals surface area contributed by atoms with Crippen LogP contribution < -0.4 is 4.74 Å². The normalized spacial score (nSPS) is 10.2. The minimum Gasteiger partial charge on any atom is -0.420 e. The highest BCUT2D eigenvalue weighted by atomic mass is 35.5. The van der Waals surface area contributed by atoms with Crippen LogP contribution in [0.5, 0.6) is 5.75 Å². The summed E-state index contributed by atoms with van der Waals surface area (Å²) in [4.78, 5) is 15.6. The molecule has 1 aromatic heterocycles. The number of ether oxygens (including phenoxy) is 1. The van der Waals surface area contributed by atoms with Crippen LogP contribution in [0.15, 0.2) is 36.5 Å². The van der Waals surface area contributed by atoms with Crippen molar-refractivity contribution in [1.29, 1.82) is 0 Å². The van der Waals surface area contributed by atoms with E-state index in [-0.39, 0.29) is 21.5 Å². The molecule has 92 valence electrons. The number of halogens is 3. The molecule has 2 aromatic rings. The third kappa shape index (κ3) is 2.93. The van der Waals surface area contributed by atoms with E-state index in [0.717, 1.165) is 0 Å². The molecule has 1 aromatic carbocycles. The minimum atomic E-state index is -0.615. The van der Waals surface area contributed by atoms with Gasteiger partial charge in [-0.2, -0.15) is 0 Å². The molecule has 0 amide bonds. The molecule has 0 unspecified atom stereocenters. The van der Waals surface area contributed by atoms with Gasteiger partial charge in [0.05, 0.1) is 15.1 Å². The SMILES string of the molecule is O=C(Oc1cc(Cl)c(Cl)cc1Cl)c1ccccn1. The summed E-state index contributed by atoms with van der Waals surface area (Å²) < 4.78 is 5.09. The minimum absolute atomic E-state index is 0.140. The van der Waals surface area contributed by atoms with Crippen molar-refractivity contribution < 1.29 is 9.53 Å². The fraction of sp³-hybridized carbons (Fsp3) is 0. The standard InChI is InChI=1S/C12H6Cl3NO2/c13-7-5-9(15)11(6-8(7)14)18-12(17)10-3-1-2-4-16-10/h1-6H. The van der Waals surface area contributed by atoms with Crippen LogP contribution in [0.2, 0.25) is 15.1 Å². The second-order valence-electron chi connectivity index (χ2n) is 3.30. The molecule has 0 aliphatic carbocycles. The maximum Gasteiger partial charge on any atom is 0.362 e. The van der Waals surface area contributed by atoms with Gasteiger partial charge in [0.15, 0.2) is 5.75 Å². The van der Waals surface area contributed by atoms with Crippen molar-refractivity contribution in [1.82, 2.24) is 4.98 Å². The van der Waals surface area contributed by atoms with Gasteiger partial charge >= 0.3 is 5.97 Å². The quantitative estimate of drug-likeness (QED) is 0.472. The highest BCUT2D eigenvalue weighted by Gasteiger charge is 2.13. The average molecular weight is 303 g/mol. The van der Waals surface area contributed by atoms with Crippen LogP contribution in [0.3, 0.4) is 0 Å². The molecule has 18 heavy (non-hydrogen) atoms. The Hall–Kier alpha value is -1.29. The van der Waals surface area contributed by atoms with Gasteiger partial charge in [-0.05, 0) is 18.2 Å². The van der Waals surface area contributed by atoms with Gasteiger partial charge in [-0.25, -0.2) is 9.78 Å².